The van der Waals surface area contributed by atoms with Crippen molar-refractivity contribution in [2.24, 2.45) is 22.7 Å². The van der Waals surface area contributed by atoms with Crippen molar-refractivity contribution in [2.45, 2.75) is 105 Å². The van der Waals surface area contributed by atoms with Crippen molar-refractivity contribution in [1.82, 2.24) is 9.80 Å². The van der Waals surface area contributed by atoms with Gasteiger partial charge in [-0.2, -0.15) is 0 Å². The number of ether oxygens (including phenoxy) is 2. The monoisotopic (exact) mass is 756 g/mol. The highest BCUT2D eigenvalue weighted by Gasteiger charge is 2.58. The van der Waals surface area contributed by atoms with Gasteiger partial charge in [0, 0.05) is 25.0 Å². The van der Waals surface area contributed by atoms with Crippen LogP contribution in [0.2, 0.25) is 0 Å². The maximum atomic E-state index is 13.0. The molecule has 0 aliphatic carbocycles. The van der Waals surface area contributed by atoms with Crippen LogP contribution in [0.25, 0.3) is 0 Å². The Hall–Kier alpha value is -3.24. The van der Waals surface area contributed by atoms with Crippen molar-refractivity contribution < 1.29 is 33.8 Å². The first kappa shape index (κ1) is 41.2. The zero-order chi connectivity index (χ0) is 37.7. The Kier molecular flexibility index (Phi) is 13.5. The maximum absolute atomic E-state index is 13.0. The van der Waals surface area contributed by atoms with Gasteiger partial charge in [-0.25, -0.2) is 0 Å². The molecule has 0 saturated carbocycles. The number of hydrogen-bond acceptors (Lipinski definition) is 7. The number of benzene rings is 2. The molecule has 2 aromatic carbocycles. The zero-order valence-corrected chi connectivity index (χ0v) is 33.1. The van der Waals surface area contributed by atoms with E-state index in [0.29, 0.717) is 18.3 Å². The molecule has 50 heavy (non-hydrogen) atoms. The van der Waals surface area contributed by atoms with E-state index in [-0.39, 0.29) is 49.4 Å². The summed E-state index contributed by atoms with van der Waals surface area (Å²) < 4.78 is 11.3. The average molecular weight is 758 g/mol. The lowest BCUT2D eigenvalue weighted by molar-refractivity contribution is -0.171. The molecule has 0 spiro atoms. The topological polar surface area (TPSA) is 113 Å². The molecule has 0 aromatic heterocycles. The van der Waals surface area contributed by atoms with Crippen LogP contribution in [0.5, 0.6) is 0 Å². The van der Waals surface area contributed by atoms with Gasteiger partial charge >= 0.3 is 11.9 Å². The summed E-state index contributed by atoms with van der Waals surface area (Å²) in [7, 11) is 0. The molecule has 0 radical (unpaired) electrons. The molecular weight excluding hydrogens is 700 g/mol. The minimum absolute atomic E-state index is 0.0168. The van der Waals surface area contributed by atoms with Crippen LogP contribution >= 0.6 is 15.9 Å². The Morgan fingerprint density at radius 3 is 1.38 bits per heavy atom. The minimum Gasteiger partial charge on any atom is -0.459 e. The molecular formula is C40H57BrN2O7. The van der Waals surface area contributed by atoms with Gasteiger partial charge in [-0.15, -0.1) is 0 Å². The Labute approximate surface area is 307 Å². The molecule has 4 rings (SSSR count). The van der Waals surface area contributed by atoms with Crippen LogP contribution < -0.4 is 0 Å². The predicted molar refractivity (Wildman–Crippen MR) is 198 cm³/mol. The van der Waals surface area contributed by atoms with E-state index >= 15 is 0 Å². The van der Waals surface area contributed by atoms with Gasteiger partial charge in [0.15, 0.2) is 0 Å². The number of rotatable bonds is 10. The van der Waals surface area contributed by atoms with E-state index in [2.05, 4.69) is 15.9 Å². The van der Waals surface area contributed by atoms with Crippen LogP contribution in [0.1, 0.15) is 105 Å². The molecule has 1 N–H and O–H groups in total. The van der Waals surface area contributed by atoms with Gasteiger partial charge in [-0.05, 0) is 79.4 Å². The van der Waals surface area contributed by atoms with E-state index in [1.807, 2.05) is 128 Å². The highest BCUT2D eigenvalue weighted by Crippen LogP contribution is 2.46. The number of amides is 2. The predicted octanol–water partition coefficient (Wildman–Crippen LogP) is 7.28. The number of likely N-dealkylation sites (tertiary alicyclic amines) is 2. The number of esters is 2. The van der Waals surface area contributed by atoms with Gasteiger partial charge < -0.3 is 24.4 Å². The molecule has 9 nitrogen and oxygen atoms in total. The largest absolute Gasteiger partial charge is 0.459 e. The van der Waals surface area contributed by atoms with Crippen LogP contribution in [0, 0.1) is 22.7 Å². The van der Waals surface area contributed by atoms with Gasteiger partial charge in [-0.3, -0.25) is 19.2 Å². The number of halogens is 1. The van der Waals surface area contributed by atoms with Crippen LogP contribution in [0.15, 0.2) is 60.7 Å². The second-order valence-electron chi connectivity index (χ2n) is 15.8. The Bertz CT molecular complexity index is 1360. The van der Waals surface area contributed by atoms with Crippen molar-refractivity contribution in [3.8, 4) is 0 Å². The summed E-state index contributed by atoms with van der Waals surface area (Å²) >= 11 is 3.45. The zero-order valence-electron chi connectivity index (χ0n) is 31.5. The SMILES string of the molecule is CC1C(=O)N([C@H](C)c2ccccc2)C[C@@]1(CCBr)C(=O)OC(C)(C)C.CC1C(=O)N([C@H](C)c2ccccc2)C[C@@]1(CCO)C(=O)OC(C)(C)C. The number of carbonyl (C=O) groups excluding carboxylic acids is 4. The molecule has 2 unspecified atom stereocenters. The number of alkyl halides is 1. The first-order valence-corrected chi connectivity index (χ1v) is 18.7. The Morgan fingerprint density at radius 2 is 1.08 bits per heavy atom. The summed E-state index contributed by atoms with van der Waals surface area (Å²) in [6.45, 7) is 19.1. The summed E-state index contributed by atoms with van der Waals surface area (Å²) in [5.41, 5.74) is -0.939. The summed E-state index contributed by atoms with van der Waals surface area (Å²) in [5.74, 6) is -1.66. The van der Waals surface area contributed by atoms with Crippen molar-refractivity contribution in [3.05, 3.63) is 71.8 Å². The molecule has 2 aliphatic rings. The number of aliphatic hydroxyl groups is 1. The molecule has 276 valence electrons. The summed E-state index contributed by atoms with van der Waals surface area (Å²) in [5, 5.41) is 10.2. The Balaban J connectivity index is 0.000000270. The summed E-state index contributed by atoms with van der Waals surface area (Å²) in [4.78, 5) is 55.4. The lowest BCUT2D eigenvalue weighted by atomic mass is 9.76. The number of carbonyl (C=O) groups is 4. The maximum Gasteiger partial charge on any atom is 0.315 e. The third-order valence-corrected chi connectivity index (χ3v) is 10.5. The van der Waals surface area contributed by atoms with Gasteiger partial charge in [0.05, 0.1) is 34.7 Å². The van der Waals surface area contributed by atoms with E-state index in [0.717, 1.165) is 11.1 Å². The fraction of sp³-hybridized carbons (Fsp3) is 0.600. The van der Waals surface area contributed by atoms with Crippen LogP contribution in [-0.4, -0.2) is 74.9 Å². The van der Waals surface area contributed by atoms with Crippen LogP contribution in [0.3, 0.4) is 0 Å². The van der Waals surface area contributed by atoms with E-state index in [1.165, 1.54) is 0 Å². The lowest BCUT2D eigenvalue weighted by Crippen LogP contribution is -2.43. The van der Waals surface area contributed by atoms with Crippen molar-refractivity contribution in [1.29, 1.82) is 0 Å². The van der Waals surface area contributed by atoms with E-state index in [1.54, 1.807) is 11.8 Å². The molecule has 2 heterocycles. The van der Waals surface area contributed by atoms with Crippen molar-refractivity contribution >= 4 is 39.7 Å². The van der Waals surface area contributed by atoms with Gasteiger partial charge in [0.2, 0.25) is 11.8 Å². The highest BCUT2D eigenvalue weighted by atomic mass is 79.9. The third-order valence-electron chi connectivity index (χ3n) is 10.1. The third kappa shape index (κ3) is 9.15. The first-order chi connectivity index (χ1) is 23.2. The van der Waals surface area contributed by atoms with Crippen molar-refractivity contribution in [3.63, 3.8) is 0 Å². The molecule has 2 amide bonds. The minimum atomic E-state index is -1.01. The number of aliphatic hydroxyl groups excluding tert-OH is 1. The number of nitrogens with zero attached hydrogens (tertiary/aromatic N) is 2. The molecule has 2 saturated heterocycles. The lowest BCUT2D eigenvalue weighted by Gasteiger charge is -2.33. The molecule has 2 aliphatic heterocycles. The summed E-state index contributed by atoms with van der Waals surface area (Å²) in [6.07, 6.45) is 0.791. The van der Waals surface area contributed by atoms with Gasteiger partial charge in [0.25, 0.3) is 0 Å². The Morgan fingerprint density at radius 1 is 0.740 bits per heavy atom. The van der Waals surface area contributed by atoms with E-state index < -0.39 is 39.8 Å². The fourth-order valence-electron chi connectivity index (χ4n) is 6.89. The van der Waals surface area contributed by atoms with Crippen molar-refractivity contribution in [2.75, 3.05) is 25.0 Å². The second-order valence-corrected chi connectivity index (χ2v) is 16.6. The van der Waals surface area contributed by atoms with Gasteiger partial charge in [-0.1, -0.05) is 90.4 Å². The highest BCUT2D eigenvalue weighted by molar-refractivity contribution is 9.09. The second kappa shape index (κ2) is 16.4. The molecule has 6 atom stereocenters. The van der Waals surface area contributed by atoms with E-state index in [9.17, 15) is 24.3 Å². The molecule has 10 heteroatoms. The first-order valence-electron chi connectivity index (χ1n) is 17.6. The quantitative estimate of drug-likeness (QED) is 0.200. The van der Waals surface area contributed by atoms with Crippen LogP contribution in [0.4, 0.5) is 0 Å². The molecule has 2 fully saturated rings. The summed E-state index contributed by atoms with van der Waals surface area (Å²) in [6, 6.07) is 19.5. The standard InChI is InChI=1S/C20H28BrNO3.C20H29NO4/c1-14-17(23)22(15(2)16-9-7-6-8-10-16)13-20(14,11-12-21)18(24)25-19(3,4)5;1-14-17(23)21(15(2)16-9-7-6-8-10-16)13-20(14,11-12-22)18(24)25-19(3,4)5/h6-10,14-15H,11-13H2,1-5H3;6-10,14-15,22H,11-13H2,1-5H3/t2*14?,15-,20-/m11/s1. The fourth-order valence-corrected chi connectivity index (χ4v) is 7.60. The van der Waals surface area contributed by atoms with Crippen LogP contribution in [-0.2, 0) is 28.7 Å². The normalized spacial score (nSPS) is 25.1. The van der Waals surface area contributed by atoms with E-state index in [4.69, 9.17) is 9.47 Å². The molecule has 0 bridgehead atoms. The molecule has 2 aromatic rings. The average Bonchev–Trinajstić information content (AvgIpc) is 3.46. The number of hydrogen-bond donors (Lipinski definition) is 1. The smallest absolute Gasteiger partial charge is 0.315 e. The van der Waals surface area contributed by atoms with Gasteiger partial charge in [0.1, 0.15) is 11.2 Å².